The Morgan fingerprint density at radius 3 is 2.58 bits per heavy atom. The maximum Gasteiger partial charge on any atom is 0.295 e. The maximum atomic E-state index is 13.1. The van der Waals surface area contributed by atoms with Crippen LogP contribution in [0.2, 0.25) is 5.02 Å². The van der Waals surface area contributed by atoms with Crippen molar-refractivity contribution < 1.29 is 24.5 Å². The summed E-state index contributed by atoms with van der Waals surface area (Å²) in [6.45, 7) is 2.21. The molecule has 1 aliphatic heterocycles. The zero-order chi connectivity index (χ0) is 22.1. The van der Waals surface area contributed by atoms with E-state index in [-0.39, 0.29) is 23.1 Å². The monoisotopic (exact) mass is 441 g/mol. The molecule has 1 atom stereocenters. The topological polar surface area (TPSA) is 87.1 Å². The Bertz CT molecular complexity index is 1060. The van der Waals surface area contributed by atoms with E-state index in [1.165, 1.54) is 12.1 Å². The molecule has 4 rings (SSSR count). The number of Topliss-reactive ketones (excluding diaryl/α,β-unsaturated/α-hetero) is 1. The lowest BCUT2D eigenvalue weighted by Gasteiger charge is -2.30. The van der Waals surface area contributed by atoms with Crippen LogP contribution in [0, 0.1) is 0 Å². The minimum atomic E-state index is -0.776. The van der Waals surface area contributed by atoms with Gasteiger partial charge in [0.05, 0.1) is 23.2 Å². The van der Waals surface area contributed by atoms with Crippen molar-refractivity contribution in [2.75, 3.05) is 6.61 Å². The molecule has 162 valence electrons. The van der Waals surface area contributed by atoms with Crippen LogP contribution < -0.4 is 4.74 Å². The molecule has 0 spiro atoms. The zero-order valence-electron chi connectivity index (χ0n) is 17.2. The number of aromatic hydroxyl groups is 1. The average molecular weight is 442 g/mol. The lowest BCUT2D eigenvalue weighted by Crippen LogP contribution is -2.37. The van der Waals surface area contributed by atoms with Crippen LogP contribution in [0.1, 0.15) is 49.8 Å². The number of likely N-dealkylation sites (tertiary alicyclic amines) is 1. The summed E-state index contributed by atoms with van der Waals surface area (Å²) in [5.41, 5.74) is 0.918. The third-order valence-electron chi connectivity index (χ3n) is 5.89. The van der Waals surface area contributed by atoms with Crippen molar-refractivity contribution in [3.05, 3.63) is 64.2 Å². The van der Waals surface area contributed by atoms with Gasteiger partial charge in [0.25, 0.3) is 11.7 Å². The second kappa shape index (κ2) is 8.63. The molecular formula is C24H24ClNO5. The molecule has 1 saturated carbocycles. The number of halogens is 1. The molecule has 0 radical (unpaired) electrons. The standard InChI is InChI=1S/C24H24ClNO5/c1-2-31-19-13-15(10-11-18(19)25)22(28)20-21(14-6-5-9-17(27)12-14)26(24(30)23(20)29)16-7-3-4-8-16/h5-6,9-13,16,21,27-28H,2-4,7-8H2,1H3/b22-20-. The smallest absolute Gasteiger partial charge is 0.295 e. The first-order valence-electron chi connectivity index (χ1n) is 10.4. The number of aliphatic hydroxyl groups is 1. The quantitative estimate of drug-likeness (QED) is 0.395. The number of ether oxygens (including phenoxy) is 1. The number of carbonyl (C=O) groups excluding carboxylic acids is 2. The summed E-state index contributed by atoms with van der Waals surface area (Å²) in [6.07, 6.45) is 3.57. The highest BCUT2D eigenvalue weighted by atomic mass is 35.5. The van der Waals surface area contributed by atoms with E-state index in [4.69, 9.17) is 16.3 Å². The molecule has 1 aliphatic carbocycles. The van der Waals surface area contributed by atoms with Crippen LogP contribution >= 0.6 is 11.6 Å². The van der Waals surface area contributed by atoms with Gasteiger partial charge < -0.3 is 19.8 Å². The molecular weight excluding hydrogens is 418 g/mol. The largest absolute Gasteiger partial charge is 0.508 e. The van der Waals surface area contributed by atoms with E-state index in [1.807, 2.05) is 6.92 Å². The number of hydrogen-bond donors (Lipinski definition) is 2. The lowest BCUT2D eigenvalue weighted by atomic mass is 9.94. The Morgan fingerprint density at radius 2 is 1.90 bits per heavy atom. The highest BCUT2D eigenvalue weighted by Gasteiger charge is 2.49. The van der Waals surface area contributed by atoms with Crippen LogP contribution in [-0.4, -0.2) is 39.5 Å². The third kappa shape index (κ3) is 3.88. The van der Waals surface area contributed by atoms with Gasteiger partial charge in [0.15, 0.2) is 0 Å². The summed E-state index contributed by atoms with van der Waals surface area (Å²) in [5, 5.41) is 21.6. The van der Waals surface area contributed by atoms with E-state index in [1.54, 1.807) is 35.2 Å². The predicted molar refractivity (Wildman–Crippen MR) is 117 cm³/mol. The van der Waals surface area contributed by atoms with Crippen molar-refractivity contribution in [3.8, 4) is 11.5 Å². The van der Waals surface area contributed by atoms with Crippen molar-refractivity contribution in [3.63, 3.8) is 0 Å². The van der Waals surface area contributed by atoms with Crippen molar-refractivity contribution in [2.45, 2.75) is 44.7 Å². The van der Waals surface area contributed by atoms with Crippen LogP contribution in [0.3, 0.4) is 0 Å². The first kappa shape index (κ1) is 21.2. The Kier molecular flexibility index (Phi) is 5.92. The van der Waals surface area contributed by atoms with Crippen molar-refractivity contribution >= 4 is 29.1 Å². The first-order chi connectivity index (χ1) is 14.9. The molecule has 2 fully saturated rings. The Hall–Kier alpha value is -2.99. The number of phenols is 1. The average Bonchev–Trinajstić information content (AvgIpc) is 3.36. The van der Waals surface area contributed by atoms with Crippen molar-refractivity contribution in [2.24, 2.45) is 0 Å². The SMILES string of the molecule is CCOc1cc(/C(O)=C2/C(=O)C(=O)N(C3CCCC3)C2c2cccc(O)c2)ccc1Cl. The Morgan fingerprint density at radius 1 is 1.16 bits per heavy atom. The number of hydrogen-bond acceptors (Lipinski definition) is 5. The lowest BCUT2D eigenvalue weighted by molar-refractivity contribution is -0.141. The molecule has 1 saturated heterocycles. The van der Waals surface area contributed by atoms with Crippen LogP contribution in [0.5, 0.6) is 11.5 Å². The van der Waals surface area contributed by atoms with Gasteiger partial charge in [-0.3, -0.25) is 9.59 Å². The molecule has 0 aromatic heterocycles. The summed E-state index contributed by atoms with van der Waals surface area (Å²) in [5.74, 6) is -1.23. The van der Waals surface area contributed by atoms with E-state index < -0.39 is 17.7 Å². The number of ketones is 1. The summed E-state index contributed by atoms with van der Waals surface area (Å²) in [4.78, 5) is 27.7. The minimum absolute atomic E-state index is 0.00673. The van der Waals surface area contributed by atoms with Crippen LogP contribution in [0.15, 0.2) is 48.0 Å². The second-order valence-corrected chi connectivity index (χ2v) is 8.23. The maximum absolute atomic E-state index is 13.1. The first-order valence-corrected chi connectivity index (χ1v) is 10.8. The minimum Gasteiger partial charge on any atom is -0.508 e. The molecule has 2 aliphatic rings. The summed E-state index contributed by atoms with van der Waals surface area (Å²) >= 11 is 6.16. The van der Waals surface area contributed by atoms with Crippen molar-refractivity contribution in [1.82, 2.24) is 4.90 Å². The van der Waals surface area contributed by atoms with E-state index in [2.05, 4.69) is 0 Å². The van der Waals surface area contributed by atoms with E-state index in [0.29, 0.717) is 28.5 Å². The molecule has 1 heterocycles. The second-order valence-electron chi connectivity index (χ2n) is 7.82. The van der Waals surface area contributed by atoms with Gasteiger partial charge in [-0.1, -0.05) is 36.6 Å². The molecule has 2 N–H and O–H groups in total. The van der Waals surface area contributed by atoms with Gasteiger partial charge in [0.1, 0.15) is 17.3 Å². The fourth-order valence-electron chi connectivity index (χ4n) is 4.50. The van der Waals surface area contributed by atoms with Crippen molar-refractivity contribution in [1.29, 1.82) is 0 Å². The van der Waals surface area contributed by atoms with Gasteiger partial charge in [0, 0.05) is 11.6 Å². The van der Waals surface area contributed by atoms with Crippen LogP contribution in [-0.2, 0) is 9.59 Å². The summed E-state index contributed by atoms with van der Waals surface area (Å²) < 4.78 is 5.51. The number of phenolic OH excluding ortho intramolecular Hbond substituents is 1. The molecule has 31 heavy (non-hydrogen) atoms. The van der Waals surface area contributed by atoms with Crippen LogP contribution in [0.25, 0.3) is 5.76 Å². The number of rotatable bonds is 5. The van der Waals surface area contributed by atoms with Gasteiger partial charge in [-0.2, -0.15) is 0 Å². The van der Waals surface area contributed by atoms with E-state index in [9.17, 15) is 19.8 Å². The van der Waals surface area contributed by atoms with Gasteiger partial charge in [-0.25, -0.2) is 0 Å². The molecule has 6 nitrogen and oxygen atoms in total. The van der Waals surface area contributed by atoms with Gasteiger partial charge in [-0.15, -0.1) is 0 Å². The fraction of sp³-hybridized carbons (Fsp3) is 0.333. The van der Waals surface area contributed by atoms with Gasteiger partial charge >= 0.3 is 0 Å². The summed E-state index contributed by atoms with van der Waals surface area (Å²) in [6, 6.07) is 10.3. The molecule has 1 unspecified atom stereocenters. The fourth-order valence-corrected chi connectivity index (χ4v) is 4.68. The highest BCUT2D eigenvalue weighted by molar-refractivity contribution is 6.46. The normalized spacial score (nSPS) is 21.1. The Labute approximate surface area is 185 Å². The number of aliphatic hydroxyl groups excluding tert-OH is 1. The van der Waals surface area contributed by atoms with Gasteiger partial charge in [0.2, 0.25) is 0 Å². The van der Waals surface area contributed by atoms with E-state index in [0.717, 1.165) is 25.7 Å². The van der Waals surface area contributed by atoms with Crippen LogP contribution in [0.4, 0.5) is 0 Å². The summed E-state index contributed by atoms with van der Waals surface area (Å²) in [7, 11) is 0. The van der Waals surface area contributed by atoms with Gasteiger partial charge in [-0.05, 0) is 55.7 Å². The zero-order valence-corrected chi connectivity index (χ0v) is 17.9. The molecule has 2 aromatic carbocycles. The molecule has 7 heteroatoms. The predicted octanol–water partition coefficient (Wildman–Crippen LogP) is 4.81. The van der Waals surface area contributed by atoms with E-state index >= 15 is 0 Å². The number of benzene rings is 2. The third-order valence-corrected chi connectivity index (χ3v) is 6.20. The Balaban J connectivity index is 1.88. The highest BCUT2D eigenvalue weighted by Crippen LogP contribution is 2.44. The molecule has 2 aromatic rings. The number of amides is 1. The number of carbonyl (C=O) groups is 2. The molecule has 0 bridgehead atoms. The number of nitrogens with zero attached hydrogens (tertiary/aromatic N) is 1. The molecule has 1 amide bonds.